The number of carboxylic acid groups (broad SMARTS) is 1. The number of aliphatic carboxylic acids is 1. The quantitative estimate of drug-likeness (QED) is 0.778. The molecule has 0 aliphatic heterocycles. The fourth-order valence-electron chi connectivity index (χ4n) is 1.86. The molecule has 1 aromatic rings. The molecule has 0 spiro atoms. The molecule has 0 atom stereocenters. The van der Waals surface area contributed by atoms with Gasteiger partial charge in [0.1, 0.15) is 0 Å². The molecular formula is C14H17NO3S. The normalized spacial score (nSPS) is 14.1. The summed E-state index contributed by atoms with van der Waals surface area (Å²) in [6.45, 7) is 0.328. The Balaban J connectivity index is 1.83. The predicted octanol–water partition coefficient (Wildman–Crippen LogP) is 2.24. The van der Waals surface area contributed by atoms with Crippen molar-refractivity contribution in [3.8, 4) is 0 Å². The third-order valence-corrected chi connectivity index (χ3v) is 3.98. The highest BCUT2D eigenvalue weighted by Gasteiger charge is 2.32. The van der Waals surface area contributed by atoms with Crippen LogP contribution in [0.25, 0.3) is 0 Å². The van der Waals surface area contributed by atoms with E-state index >= 15 is 0 Å². The largest absolute Gasteiger partial charge is 0.481 e. The Hall–Kier alpha value is -1.49. The molecule has 1 aromatic carbocycles. The van der Waals surface area contributed by atoms with Gasteiger partial charge in [-0.15, -0.1) is 11.8 Å². The van der Waals surface area contributed by atoms with Crippen LogP contribution in [0.1, 0.15) is 19.3 Å². The topological polar surface area (TPSA) is 57.6 Å². The molecule has 1 amide bonds. The maximum Gasteiger partial charge on any atom is 0.305 e. The van der Waals surface area contributed by atoms with Crippen LogP contribution < -0.4 is 0 Å². The fraction of sp³-hybridized carbons (Fsp3) is 0.429. The molecule has 19 heavy (non-hydrogen) atoms. The van der Waals surface area contributed by atoms with Crippen LogP contribution in [0.4, 0.5) is 0 Å². The predicted molar refractivity (Wildman–Crippen MR) is 74.2 cm³/mol. The number of rotatable bonds is 7. The number of carboxylic acids is 1. The van der Waals surface area contributed by atoms with Gasteiger partial charge in [0.05, 0.1) is 12.2 Å². The van der Waals surface area contributed by atoms with Gasteiger partial charge in [0, 0.05) is 17.5 Å². The lowest BCUT2D eigenvalue weighted by atomic mass is 10.3. The van der Waals surface area contributed by atoms with E-state index in [4.69, 9.17) is 5.11 Å². The van der Waals surface area contributed by atoms with E-state index in [9.17, 15) is 9.59 Å². The summed E-state index contributed by atoms with van der Waals surface area (Å²) < 4.78 is 0. The van der Waals surface area contributed by atoms with Gasteiger partial charge in [0.2, 0.25) is 5.91 Å². The molecular weight excluding hydrogens is 262 g/mol. The number of amides is 1. The second-order valence-corrected chi connectivity index (χ2v) is 5.61. The van der Waals surface area contributed by atoms with Crippen LogP contribution in [0, 0.1) is 0 Å². The Morgan fingerprint density at radius 2 is 1.95 bits per heavy atom. The van der Waals surface area contributed by atoms with Crippen LogP contribution in [0.5, 0.6) is 0 Å². The monoisotopic (exact) mass is 279 g/mol. The summed E-state index contributed by atoms with van der Waals surface area (Å²) in [4.78, 5) is 25.5. The second-order valence-electron chi connectivity index (χ2n) is 4.56. The Kier molecular flexibility index (Phi) is 4.85. The van der Waals surface area contributed by atoms with Gasteiger partial charge in [-0.05, 0) is 25.0 Å². The first-order valence-electron chi connectivity index (χ1n) is 6.36. The van der Waals surface area contributed by atoms with Crippen molar-refractivity contribution < 1.29 is 14.7 Å². The second kappa shape index (κ2) is 6.61. The first kappa shape index (κ1) is 13.9. The third kappa shape index (κ3) is 4.59. The summed E-state index contributed by atoms with van der Waals surface area (Å²) in [5, 5.41) is 8.71. The molecule has 2 rings (SSSR count). The van der Waals surface area contributed by atoms with Crippen molar-refractivity contribution in [3.63, 3.8) is 0 Å². The first-order chi connectivity index (χ1) is 9.16. The van der Waals surface area contributed by atoms with Crippen molar-refractivity contribution >= 4 is 23.6 Å². The third-order valence-electron chi connectivity index (χ3n) is 2.98. The summed E-state index contributed by atoms with van der Waals surface area (Å²) in [6, 6.07) is 10.0. The molecule has 1 aliphatic rings. The average molecular weight is 279 g/mol. The fourth-order valence-corrected chi connectivity index (χ4v) is 2.66. The van der Waals surface area contributed by atoms with Gasteiger partial charge in [-0.25, -0.2) is 0 Å². The molecule has 1 saturated carbocycles. The van der Waals surface area contributed by atoms with E-state index in [2.05, 4.69) is 0 Å². The summed E-state index contributed by atoms with van der Waals surface area (Å²) in [6.07, 6.45) is 2.03. The SMILES string of the molecule is O=C(O)CCN(C(=O)CSc1ccccc1)C1CC1. The summed E-state index contributed by atoms with van der Waals surface area (Å²) in [5.74, 6) is -0.438. The van der Waals surface area contributed by atoms with Gasteiger partial charge >= 0.3 is 5.97 Å². The van der Waals surface area contributed by atoms with Gasteiger partial charge < -0.3 is 10.0 Å². The van der Waals surface area contributed by atoms with Crippen molar-refractivity contribution in [1.29, 1.82) is 0 Å². The van der Waals surface area contributed by atoms with E-state index in [0.29, 0.717) is 12.3 Å². The maximum atomic E-state index is 12.1. The lowest BCUT2D eigenvalue weighted by molar-refractivity contribution is -0.138. The van der Waals surface area contributed by atoms with Crippen molar-refractivity contribution in [2.75, 3.05) is 12.3 Å². The molecule has 0 heterocycles. The molecule has 0 bridgehead atoms. The molecule has 5 heteroatoms. The van der Waals surface area contributed by atoms with E-state index in [0.717, 1.165) is 17.7 Å². The Bertz CT molecular complexity index is 445. The molecule has 0 unspecified atom stereocenters. The Morgan fingerprint density at radius 1 is 1.26 bits per heavy atom. The van der Waals surface area contributed by atoms with E-state index in [-0.39, 0.29) is 18.4 Å². The molecule has 4 nitrogen and oxygen atoms in total. The minimum Gasteiger partial charge on any atom is -0.481 e. The van der Waals surface area contributed by atoms with Crippen LogP contribution in [-0.2, 0) is 9.59 Å². The highest BCUT2D eigenvalue weighted by Crippen LogP contribution is 2.28. The molecule has 0 saturated heterocycles. The molecule has 1 aliphatic carbocycles. The van der Waals surface area contributed by atoms with Crippen LogP contribution in [0.3, 0.4) is 0 Å². The van der Waals surface area contributed by atoms with Crippen LogP contribution in [0.15, 0.2) is 35.2 Å². The molecule has 0 radical (unpaired) electrons. The average Bonchev–Trinajstić information content (AvgIpc) is 3.22. The van der Waals surface area contributed by atoms with Crippen molar-refractivity contribution in [2.24, 2.45) is 0 Å². The zero-order valence-electron chi connectivity index (χ0n) is 10.6. The lowest BCUT2D eigenvalue weighted by Gasteiger charge is -2.21. The summed E-state index contributed by atoms with van der Waals surface area (Å²) in [5.41, 5.74) is 0. The van der Waals surface area contributed by atoms with Crippen molar-refractivity contribution in [1.82, 2.24) is 4.90 Å². The molecule has 0 aromatic heterocycles. The highest BCUT2D eigenvalue weighted by atomic mass is 32.2. The number of thioether (sulfide) groups is 1. The lowest BCUT2D eigenvalue weighted by Crippen LogP contribution is -2.36. The minimum absolute atomic E-state index is 0.0260. The summed E-state index contributed by atoms with van der Waals surface area (Å²) >= 11 is 1.50. The number of hydrogen-bond donors (Lipinski definition) is 1. The van der Waals surface area contributed by atoms with Gasteiger partial charge in [-0.2, -0.15) is 0 Å². The maximum absolute atomic E-state index is 12.1. The molecule has 1 N–H and O–H groups in total. The van der Waals surface area contributed by atoms with Gasteiger partial charge in [0.25, 0.3) is 0 Å². The highest BCUT2D eigenvalue weighted by molar-refractivity contribution is 8.00. The van der Waals surface area contributed by atoms with Gasteiger partial charge in [-0.3, -0.25) is 9.59 Å². The summed E-state index contributed by atoms with van der Waals surface area (Å²) in [7, 11) is 0. The zero-order valence-corrected chi connectivity index (χ0v) is 11.4. The Morgan fingerprint density at radius 3 is 2.53 bits per heavy atom. The number of hydrogen-bond acceptors (Lipinski definition) is 3. The minimum atomic E-state index is -0.853. The smallest absolute Gasteiger partial charge is 0.305 e. The number of carbonyl (C=O) groups excluding carboxylic acids is 1. The van der Waals surface area contributed by atoms with E-state index < -0.39 is 5.97 Å². The number of nitrogens with zero attached hydrogens (tertiary/aromatic N) is 1. The van der Waals surface area contributed by atoms with Gasteiger partial charge in [0.15, 0.2) is 0 Å². The number of carbonyl (C=O) groups is 2. The van der Waals surface area contributed by atoms with Crippen LogP contribution in [0.2, 0.25) is 0 Å². The Labute approximate surface area is 116 Å². The molecule has 102 valence electrons. The van der Waals surface area contributed by atoms with E-state index in [1.807, 2.05) is 30.3 Å². The van der Waals surface area contributed by atoms with Crippen LogP contribution in [-0.4, -0.2) is 40.2 Å². The standard InChI is InChI=1S/C14H17NO3S/c16-13(10-19-12-4-2-1-3-5-12)15(11-6-7-11)9-8-14(17)18/h1-5,11H,6-10H2,(H,17,18). The first-order valence-corrected chi connectivity index (χ1v) is 7.34. The molecule has 1 fully saturated rings. The van der Waals surface area contributed by atoms with Crippen LogP contribution >= 0.6 is 11.8 Å². The van der Waals surface area contributed by atoms with Crippen molar-refractivity contribution in [2.45, 2.75) is 30.2 Å². The zero-order chi connectivity index (χ0) is 13.7. The van der Waals surface area contributed by atoms with Crippen molar-refractivity contribution in [3.05, 3.63) is 30.3 Å². The van der Waals surface area contributed by atoms with Gasteiger partial charge in [-0.1, -0.05) is 18.2 Å². The van der Waals surface area contributed by atoms with E-state index in [1.165, 1.54) is 11.8 Å². The van der Waals surface area contributed by atoms with E-state index in [1.54, 1.807) is 4.90 Å². The number of benzene rings is 1.